The zero-order valence-electron chi connectivity index (χ0n) is 15.0. The molecule has 0 aromatic carbocycles. The summed E-state index contributed by atoms with van der Waals surface area (Å²) in [4.78, 5) is 39.6. The summed E-state index contributed by atoms with van der Waals surface area (Å²) in [6.07, 6.45) is 14.9. The normalized spacial score (nSPS) is 22.2. The first-order valence-electron chi connectivity index (χ1n) is 9.65. The number of hydrogen-bond donors (Lipinski definition) is 0. The number of barbiturate groups is 1. The number of urea groups is 1. The van der Waals surface area contributed by atoms with Gasteiger partial charge in [-0.1, -0.05) is 23.3 Å². The molecule has 0 saturated carbocycles. The lowest BCUT2D eigenvalue weighted by Crippen LogP contribution is -2.55. The van der Waals surface area contributed by atoms with Gasteiger partial charge >= 0.3 is 6.03 Å². The first-order chi connectivity index (χ1) is 12.1. The van der Waals surface area contributed by atoms with Crippen molar-refractivity contribution in [1.82, 2.24) is 9.80 Å². The van der Waals surface area contributed by atoms with E-state index in [0.717, 1.165) is 38.5 Å². The van der Waals surface area contributed by atoms with E-state index in [1.54, 1.807) is 0 Å². The lowest BCUT2D eigenvalue weighted by molar-refractivity contribution is -0.142. The van der Waals surface area contributed by atoms with Crippen molar-refractivity contribution in [2.75, 3.05) is 13.1 Å². The molecule has 0 spiro atoms. The SMILES string of the molecule is O=C1CC(=O)N(CCC2=CCCCC2)C(=O)N1CCC1=CCCCC1. The van der Waals surface area contributed by atoms with Crippen LogP contribution in [0.4, 0.5) is 4.79 Å². The fourth-order valence-electron chi connectivity index (χ4n) is 3.89. The second-order valence-electron chi connectivity index (χ2n) is 7.27. The lowest BCUT2D eigenvalue weighted by Gasteiger charge is -2.33. The number of allylic oxidation sites excluding steroid dienone is 2. The van der Waals surface area contributed by atoms with Gasteiger partial charge in [-0.25, -0.2) is 4.79 Å². The fraction of sp³-hybridized carbons (Fsp3) is 0.650. The number of amides is 4. The molecule has 0 bridgehead atoms. The zero-order chi connectivity index (χ0) is 17.6. The van der Waals surface area contributed by atoms with Crippen LogP contribution >= 0.6 is 0 Å². The molecule has 2 aliphatic carbocycles. The van der Waals surface area contributed by atoms with Gasteiger partial charge in [-0.3, -0.25) is 19.4 Å². The van der Waals surface area contributed by atoms with Crippen molar-refractivity contribution in [2.24, 2.45) is 0 Å². The topological polar surface area (TPSA) is 57.7 Å². The molecule has 0 aromatic heterocycles. The maximum absolute atomic E-state index is 12.7. The molecule has 5 heteroatoms. The molecule has 136 valence electrons. The molecule has 0 aromatic rings. The summed E-state index contributed by atoms with van der Waals surface area (Å²) in [5.41, 5.74) is 2.67. The first kappa shape index (κ1) is 17.9. The minimum atomic E-state index is -0.422. The lowest BCUT2D eigenvalue weighted by atomic mass is 9.96. The van der Waals surface area contributed by atoms with E-state index in [1.807, 2.05) is 0 Å². The van der Waals surface area contributed by atoms with Crippen molar-refractivity contribution in [3.05, 3.63) is 23.3 Å². The van der Waals surface area contributed by atoms with Gasteiger partial charge in [0, 0.05) is 13.1 Å². The number of nitrogens with zero attached hydrogens (tertiary/aromatic N) is 2. The van der Waals surface area contributed by atoms with E-state index in [2.05, 4.69) is 12.2 Å². The van der Waals surface area contributed by atoms with Crippen LogP contribution in [0, 0.1) is 0 Å². The highest BCUT2D eigenvalue weighted by Gasteiger charge is 2.37. The summed E-state index contributed by atoms with van der Waals surface area (Å²) in [5.74, 6) is -0.695. The molecule has 0 N–H and O–H groups in total. The van der Waals surface area contributed by atoms with E-state index < -0.39 is 6.03 Å². The van der Waals surface area contributed by atoms with Crippen LogP contribution in [0.3, 0.4) is 0 Å². The number of imide groups is 2. The molecule has 5 nitrogen and oxygen atoms in total. The summed E-state index contributed by atoms with van der Waals surface area (Å²) in [7, 11) is 0. The Labute approximate surface area is 149 Å². The molecule has 4 amide bonds. The van der Waals surface area contributed by atoms with Gasteiger partial charge in [0.2, 0.25) is 11.8 Å². The third-order valence-electron chi connectivity index (χ3n) is 5.45. The monoisotopic (exact) mass is 344 g/mol. The maximum Gasteiger partial charge on any atom is 0.333 e. The Hall–Kier alpha value is -1.91. The second-order valence-corrected chi connectivity index (χ2v) is 7.27. The van der Waals surface area contributed by atoms with Crippen molar-refractivity contribution in [3.63, 3.8) is 0 Å². The number of carbonyl (C=O) groups is 3. The highest BCUT2D eigenvalue weighted by molar-refractivity contribution is 6.14. The highest BCUT2D eigenvalue weighted by Crippen LogP contribution is 2.23. The van der Waals surface area contributed by atoms with E-state index in [9.17, 15) is 14.4 Å². The number of rotatable bonds is 6. The molecule has 1 fully saturated rings. The summed E-state index contributed by atoms with van der Waals surface area (Å²) in [6, 6.07) is -0.422. The molecule has 0 unspecified atom stereocenters. The molecule has 1 saturated heterocycles. The predicted octanol–water partition coefficient (Wildman–Crippen LogP) is 3.95. The number of carbonyl (C=O) groups excluding carboxylic acids is 3. The van der Waals surface area contributed by atoms with Crippen LogP contribution in [0.2, 0.25) is 0 Å². The molecule has 25 heavy (non-hydrogen) atoms. The van der Waals surface area contributed by atoms with Crippen LogP contribution in [-0.4, -0.2) is 40.7 Å². The van der Waals surface area contributed by atoms with Gasteiger partial charge in [0.25, 0.3) is 0 Å². The highest BCUT2D eigenvalue weighted by atomic mass is 16.2. The summed E-state index contributed by atoms with van der Waals surface area (Å²) in [6.45, 7) is 0.798. The van der Waals surface area contributed by atoms with Crippen molar-refractivity contribution < 1.29 is 14.4 Å². The maximum atomic E-state index is 12.7. The van der Waals surface area contributed by atoms with Crippen molar-refractivity contribution in [2.45, 2.75) is 70.6 Å². The van der Waals surface area contributed by atoms with Crippen molar-refractivity contribution >= 4 is 17.8 Å². The largest absolute Gasteiger partial charge is 0.333 e. The van der Waals surface area contributed by atoms with Gasteiger partial charge in [-0.15, -0.1) is 0 Å². The summed E-state index contributed by atoms with van der Waals surface area (Å²) in [5, 5.41) is 0. The summed E-state index contributed by atoms with van der Waals surface area (Å²) < 4.78 is 0. The molecular weight excluding hydrogens is 316 g/mol. The van der Waals surface area contributed by atoms with E-state index in [4.69, 9.17) is 0 Å². The Kier molecular flexibility index (Phi) is 6.05. The molecule has 3 rings (SSSR count). The van der Waals surface area contributed by atoms with Crippen molar-refractivity contribution in [3.8, 4) is 0 Å². The van der Waals surface area contributed by atoms with Gasteiger partial charge in [0.05, 0.1) is 0 Å². The molecule has 3 aliphatic rings. The third-order valence-corrected chi connectivity index (χ3v) is 5.45. The zero-order valence-corrected chi connectivity index (χ0v) is 15.0. The van der Waals surface area contributed by atoms with Crippen LogP contribution in [0.25, 0.3) is 0 Å². The average Bonchev–Trinajstić information content (AvgIpc) is 2.63. The molecule has 0 atom stereocenters. The Morgan fingerprint density at radius 1 is 0.720 bits per heavy atom. The Morgan fingerprint density at radius 2 is 1.20 bits per heavy atom. The van der Waals surface area contributed by atoms with Gasteiger partial charge in [-0.05, 0) is 64.2 Å². The van der Waals surface area contributed by atoms with E-state index >= 15 is 0 Å². The van der Waals surface area contributed by atoms with E-state index in [-0.39, 0.29) is 18.2 Å². The standard InChI is InChI=1S/C20H28N2O3/c23-18-15-19(24)22(14-12-17-9-5-2-6-10-17)20(25)21(18)13-11-16-7-3-1-4-8-16/h7,9H,1-6,8,10-15H2. The molecule has 1 aliphatic heterocycles. The smallest absolute Gasteiger partial charge is 0.274 e. The molecule has 0 radical (unpaired) electrons. The molecule has 1 heterocycles. The Morgan fingerprint density at radius 3 is 1.60 bits per heavy atom. The van der Waals surface area contributed by atoms with Gasteiger partial charge < -0.3 is 0 Å². The summed E-state index contributed by atoms with van der Waals surface area (Å²) >= 11 is 0. The minimum Gasteiger partial charge on any atom is -0.274 e. The van der Waals surface area contributed by atoms with Crippen LogP contribution in [0.1, 0.15) is 70.6 Å². The van der Waals surface area contributed by atoms with Crippen LogP contribution in [0.15, 0.2) is 23.3 Å². The number of hydrogen-bond acceptors (Lipinski definition) is 3. The second kappa shape index (κ2) is 8.45. The van der Waals surface area contributed by atoms with Crippen molar-refractivity contribution in [1.29, 1.82) is 0 Å². The van der Waals surface area contributed by atoms with Crippen LogP contribution < -0.4 is 0 Å². The average molecular weight is 344 g/mol. The van der Waals surface area contributed by atoms with Gasteiger partial charge in [-0.2, -0.15) is 0 Å². The fourth-order valence-corrected chi connectivity index (χ4v) is 3.89. The Balaban J connectivity index is 1.58. The van der Waals surface area contributed by atoms with Gasteiger partial charge in [0.1, 0.15) is 6.42 Å². The van der Waals surface area contributed by atoms with E-state index in [0.29, 0.717) is 13.1 Å². The predicted molar refractivity (Wildman–Crippen MR) is 95.8 cm³/mol. The van der Waals surface area contributed by atoms with Gasteiger partial charge in [0.15, 0.2) is 0 Å². The van der Waals surface area contributed by atoms with E-state index in [1.165, 1.54) is 46.6 Å². The quantitative estimate of drug-likeness (QED) is 0.541. The molecular formula is C20H28N2O3. The minimum absolute atomic E-state index is 0.177. The Bertz CT molecular complexity index is 556. The van der Waals surface area contributed by atoms with Crippen LogP contribution in [0.5, 0.6) is 0 Å². The third kappa shape index (κ3) is 4.59. The van der Waals surface area contributed by atoms with Crippen LogP contribution in [-0.2, 0) is 9.59 Å². The first-order valence-corrected chi connectivity index (χ1v) is 9.65.